The van der Waals surface area contributed by atoms with Crippen LogP contribution in [0.3, 0.4) is 0 Å². The molecule has 192 valence electrons. The number of piperidine rings is 2. The Hall–Kier alpha value is -3.97. The van der Waals surface area contributed by atoms with E-state index < -0.39 is 11.9 Å². The first-order valence-corrected chi connectivity index (χ1v) is 13.3. The monoisotopic (exact) mass is 507 g/mol. The molecule has 3 aliphatic heterocycles. The second-order valence-electron chi connectivity index (χ2n) is 10.8. The number of hydrogen-bond donors (Lipinski definition) is 1. The van der Waals surface area contributed by atoms with E-state index in [1.807, 2.05) is 18.2 Å². The molecule has 2 saturated heterocycles. The minimum absolute atomic E-state index is 0.159. The van der Waals surface area contributed by atoms with Crippen molar-refractivity contribution in [3.8, 4) is 5.75 Å². The molecule has 38 heavy (non-hydrogen) atoms. The summed E-state index contributed by atoms with van der Waals surface area (Å²) in [6, 6.07) is 26.6. The fourth-order valence-electron chi connectivity index (χ4n) is 6.56. The van der Waals surface area contributed by atoms with Crippen LogP contribution in [-0.4, -0.2) is 52.8 Å². The lowest BCUT2D eigenvalue weighted by Gasteiger charge is -2.31. The van der Waals surface area contributed by atoms with Crippen LogP contribution in [0.1, 0.15) is 45.9 Å². The lowest BCUT2D eigenvalue weighted by atomic mass is 9.97. The number of carbonyl (C=O) groups excluding carboxylic acids is 3. The normalized spacial score (nSPS) is 26.3. The molecule has 4 aliphatic rings. The molecule has 0 radical (unpaired) electrons. The van der Waals surface area contributed by atoms with E-state index in [0.29, 0.717) is 30.4 Å². The molecule has 1 saturated carbocycles. The van der Waals surface area contributed by atoms with E-state index in [1.54, 1.807) is 4.90 Å². The molecule has 0 spiro atoms. The summed E-state index contributed by atoms with van der Waals surface area (Å²) in [5.74, 6) is 0.916. The molecule has 3 amide bonds. The van der Waals surface area contributed by atoms with E-state index in [2.05, 4.69) is 70.9 Å². The van der Waals surface area contributed by atoms with Gasteiger partial charge in [0.1, 0.15) is 17.9 Å². The Morgan fingerprint density at radius 2 is 1.50 bits per heavy atom. The van der Waals surface area contributed by atoms with Gasteiger partial charge >= 0.3 is 0 Å². The van der Waals surface area contributed by atoms with Gasteiger partial charge in [0, 0.05) is 43.5 Å². The summed E-state index contributed by atoms with van der Waals surface area (Å²) in [5, 5.41) is 2.35. The molecule has 3 aromatic carbocycles. The van der Waals surface area contributed by atoms with Gasteiger partial charge in [0.05, 0.1) is 6.04 Å². The fourth-order valence-corrected chi connectivity index (χ4v) is 6.56. The molecule has 0 bridgehead atoms. The van der Waals surface area contributed by atoms with Crippen molar-refractivity contribution < 1.29 is 19.1 Å². The van der Waals surface area contributed by atoms with Crippen LogP contribution in [0, 0.1) is 11.8 Å². The number of likely N-dealkylation sites (tertiary alicyclic amines) is 1. The maximum absolute atomic E-state index is 13.0. The highest BCUT2D eigenvalue weighted by Crippen LogP contribution is 2.51. The molecule has 3 fully saturated rings. The van der Waals surface area contributed by atoms with E-state index in [9.17, 15) is 14.4 Å². The van der Waals surface area contributed by atoms with Gasteiger partial charge in [-0.05, 0) is 41.3 Å². The molecular formula is C31H29N3O4. The number of benzene rings is 3. The Balaban J connectivity index is 1.02. The zero-order chi connectivity index (χ0) is 25.8. The molecule has 3 aromatic rings. The molecule has 0 aromatic heterocycles. The highest BCUT2D eigenvalue weighted by atomic mass is 16.5. The molecule has 1 aliphatic carbocycles. The Labute approximate surface area is 221 Å². The largest absolute Gasteiger partial charge is 0.490 e. The average Bonchev–Trinajstić information content (AvgIpc) is 3.22. The standard InChI is InChI=1S/C31H29N3O4/c35-27-14-13-26(30(36)32-27)34-16-21-15-22(11-12-23(21)31(34)37)38-29-24-17-33(18-25(24)29)28(19-7-3-1-4-8-19)20-9-5-2-6-10-20/h1-12,15,24-26,28-29H,13-14,16-18H2,(H,32,35,36). The molecule has 7 heteroatoms. The molecule has 3 unspecified atom stereocenters. The molecular weight excluding hydrogens is 478 g/mol. The van der Waals surface area contributed by atoms with Crippen molar-refractivity contribution in [2.75, 3.05) is 13.1 Å². The van der Waals surface area contributed by atoms with Crippen molar-refractivity contribution in [2.45, 2.75) is 37.6 Å². The zero-order valence-corrected chi connectivity index (χ0v) is 21.0. The maximum Gasteiger partial charge on any atom is 0.255 e. The summed E-state index contributed by atoms with van der Waals surface area (Å²) in [4.78, 5) is 41.0. The Morgan fingerprint density at radius 1 is 0.842 bits per heavy atom. The molecule has 1 N–H and O–H groups in total. The first-order chi connectivity index (χ1) is 18.6. The SMILES string of the molecule is O=C1CCC(N2Cc3cc(OC4C5CN(C(c6ccccc6)c6ccccc6)CC54)ccc3C2=O)C(=O)N1. The van der Waals surface area contributed by atoms with Gasteiger partial charge < -0.3 is 9.64 Å². The lowest BCUT2D eigenvalue weighted by Crippen LogP contribution is -2.52. The van der Waals surface area contributed by atoms with Crippen molar-refractivity contribution in [3.05, 3.63) is 101 Å². The number of nitrogens with one attached hydrogen (secondary N) is 1. The number of nitrogens with zero attached hydrogens (tertiary/aromatic N) is 2. The van der Waals surface area contributed by atoms with Crippen LogP contribution in [0.15, 0.2) is 78.9 Å². The number of rotatable bonds is 6. The van der Waals surface area contributed by atoms with Gasteiger partial charge in [-0.2, -0.15) is 0 Å². The van der Waals surface area contributed by atoms with Gasteiger partial charge in [0.2, 0.25) is 11.8 Å². The van der Waals surface area contributed by atoms with Crippen LogP contribution in [0.25, 0.3) is 0 Å². The van der Waals surface area contributed by atoms with Crippen molar-refractivity contribution in [1.29, 1.82) is 0 Å². The number of imide groups is 1. The van der Waals surface area contributed by atoms with Crippen LogP contribution in [0.4, 0.5) is 0 Å². The van der Waals surface area contributed by atoms with Crippen molar-refractivity contribution in [2.24, 2.45) is 11.8 Å². The topological polar surface area (TPSA) is 79.0 Å². The summed E-state index contributed by atoms with van der Waals surface area (Å²) >= 11 is 0. The number of fused-ring (bicyclic) bond motifs is 2. The zero-order valence-electron chi connectivity index (χ0n) is 21.0. The van der Waals surface area contributed by atoms with Crippen LogP contribution in [0.5, 0.6) is 5.75 Å². The van der Waals surface area contributed by atoms with E-state index in [-0.39, 0.29) is 30.4 Å². The van der Waals surface area contributed by atoms with Gasteiger partial charge in [-0.25, -0.2) is 0 Å². The second-order valence-corrected chi connectivity index (χ2v) is 10.8. The third kappa shape index (κ3) is 3.98. The number of carbonyl (C=O) groups is 3. The van der Waals surface area contributed by atoms with Crippen LogP contribution in [0.2, 0.25) is 0 Å². The Morgan fingerprint density at radius 3 is 2.13 bits per heavy atom. The summed E-state index contributed by atoms with van der Waals surface area (Å²) in [7, 11) is 0. The van der Waals surface area contributed by atoms with E-state index >= 15 is 0 Å². The third-order valence-electron chi connectivity index (χ3n) is 8.51. The van der Waals surface area contributed by atoms with E-state index in [1.165, 1.54) is 11.1 Å². The fraction of sp³-hybridized carbons (Fsp3) is 0.323. The maximum atomic E-state index is 13.0. The van der Waals surface area contributed by atoms with Gasteiger partial charge in [-0.1, -0.05) is 60.7 Å². The predicted molar refractivity (Wildman–Crippen MR) is 140 cm³/mol. The summed E-state index contributed by atoms with van der Waals surface area (Å²) in [6.07, 6.45) is 0.796. The van der Waals surface area contributed by atoms with Crippen molar-refractivity contribution in [3.63, 3.8) is 0 Å². The number of amides is 3. The minimum Gasteiger partial charge on any atom is -0.490 e. The molecule has 3 heterocycles. The van der Waals surface area contributed by atoms with E-state index in [4.69, 9.17) is 4.74 Å². The Kier molecular flexibility index (Phi) is 5.55. The molecule has 7 nitrogen and oxygen atoms in total. The highest BCUT2D eigenvalue weighted by molar-refractivity contribution is 6.05. The second kappa shape index (κ2) is 9.10. The van der Waals surface area contributed by atoms with Crippen molar-refractivity contribution >= 4 is 17.7 Å². The van der Waals surface area contributed by atoms with Gasteiger partial charge in [0.15, 0.2) is 0 Å². The average molecular weight is 508 g/mol. The number of ether oxygens (including phenoxy) is 1. The highest BCUT2D eigenvalue weighted by Gasteiger charge is 2.59. The minimum atomic E-state index is -0.604. The van der Waals surface area contributed by atoms with Crippen molar-refractivity contribution in [1.82, 2.24) is 15.1 Å². The smallest absolute Gasteiger partial charge is 0.255 e. The Bertz CT molecular complexity index is 1360. The number of hydrogen-bond acceptors (Lipinski definition) is 5. The summed E-state index contributed by atoms with van der Waals surface area (Å²) in [5.41, 5.74) is 4.10. The van der Waals surface area contributed by atoms with Gasteiger partial charge in [0.25, 0.3) is 5.91 Å². The molecule has 3 atom stereocenters. The van der Waals surface area contributed by atoms with Gasteiger partial charge in [-0.15, -0.1) is 0 Å². The lowest BCUT2D eigenvalue weighted by molar-refractivity contribution is -0.136. The quantitative estimate of drug-likeness (QED) is 0.517. The molecule has 7 rings (SSSR count). The third-order valence-corrected chi connectivity index (χ3v) is 8.51. The van der Waals surface area contributed by atoms with E-state index in [0.717, 1.165) is 24.4 Å². The first kappa shape index (κ1) is 23.2. The summed E-state index contributed by atoms with van der Waals surface area (Å²) in [6.45, 7) is 2.33. The van der Waals surface area contributed by atoms with Crippen LogP contribution in [-0.2, 0) is 16.1 Å². The van der Waals surface area contributed by atoms with Gasteiger partial charge in [-0.3, -0.25) is 24.6 Å². The first-order valence-electron chi connectivity index (χ1n) is 13.3. The predicted octanol–water partition coefficient (Wildman–Crippen LogP) is 3.55. The van der Waals surface area contributed by atoms with Crippen LogP contribution < -0.4 is 10.1 Å². The van der Waals surface area contributed by atoms with Crippen LogP contribution >= 0.6 is 0 Å². The summed E-state index contributed by atoms with van der Waals surface area (Å²) < 4.78 is 6.43.